The van der Waals surface area contributed by atoms with Crippen LogP contribution in [0.5, 0.6) is 11.5 Å². The van der Waals surface area contributed by atoms with Gasteiger partial charge >= 0.3 is 0 Å². The number of hydrogen-bond acceptors (Lipinski definition) is 4. The molecule has 1 aromatic carbocycles. The maximum absolute atomic E-state index is 13.3. The van der Waals surface area contributed by atoms with E-state index in [4.69, 9.17) is 15.2 Å². The van der Waals surface area contributed by atoms with Gasteiger partial charge in [-0.2, -0.15) is 0 Å². The quantitative estimate of drug-likeness (QED) is 0.789. The molecule has 0 heterocycles. The number of ether oxygens (including phenoxy) is 2. The Hall–Kier alpha value is -1.62. The zero-order chi connectivity index (χ0) is 12.3. The molecule has 1 aromatic rings. The first kappa shape index (κ1) is 12.4. The number of halogens is 1. The highest BCUT2D eigenvalue weighted by atomic mass is 19.1. The van der Waals surface area contributed by atoms with Crippen molar-refractivity contribution in [3.05, 3.63) is 23.5 Å². The summed E-state index contributed by atoms with van der Waals surface area (Å²) in [6.45, 7) is 1.55. The summed E-state index contributed by atoms with van der Waals surface area (Å²) in [6, 6.07) is 1.81. The lowest BCUT2D eigenvalue weighted by Crippen LogP contribution is -2.27. The minimum Gasteiger partial charge on any atom is -0.492 e. The largest absolute Gasteiger partial charge is 0.492 e. The molecule has 5 heteroatoms. The number of hydrogen-bond donors (Lipinski definition) is 1. The summed E-state index contributed by atoms with van der Waals surface area (Å²) in [4.78, 5) is 11.7. The number of carbonyl (C=O) groups is 1. The average Bonchev–Trinajstić information content (AvgIpc) is 2.27. The molecule has 88 valence electrons. The van der Waals surface area contributed by atoms with E-state index in [1.54, 1.807) is 6.92 Å². The van der Waals surface area contributed by atoms with Gasteiger partial charge in [0.15, 0.2) is 23.1 Å². The molecule has 0 fully saturated rings. The van der Waals surface area contributed by atoms with Gasteiger partial charge < -0.3 is 15.2 Å². The first-order valence-electron chi connectivity index (χ1n) is 4.73. The third-order valence-electron chi connectivity index (χ3n) is 2.15. The predicted octanol–water partition coefficient (Wildman–Crippen LogP) is 1.37. The third-order valence-corrected chi connectivity index (χ3v) is 2.15. The molecule has 1 rings (SSSR count). The van der Waals surface area contributed by atoms with Gasteiger partial charge in [0.05, 0.1) is 25.8 Å². The van der Waals surface area contributed by atoms with Crippen molar-refractivity contribution in [3.63, 3.8) is 0 Å². The number of methoxy groups -OCH3 is 2. The Morgan fingerprint density at radius 1 is 1.31 bits per heavy atom. The van der Waals surface area contributed by atoms with E-state index in [-0.39, 0.29) is 22.8 Å². The number of nitrogens with two attached hydrogens (primary N) is 1. The van der Waals surface area contributed by atoms with Crippen LogP contribution in [0.2, 0.25) is 0 Å². The molecule has 0 aliphatic rings. The first-order valence-corrected chi connectivity index (χ1v) is 4.73. The van der Waals surface area contributed by atoms with Gasteiger partial charge in [0, 0.05) is 0 Å². The SMILES string of the molecule is COc1c(F)ccc(C(=O)C(C)N)c1OC. The number of benzene rings is 1. The van der Waals surface area contributed by atoms with Crippen LogP contribution in [0.4, 0.5) is 4.39 Å². The van der Waals surface area contributed by atoms with Gasteiger partial charge in [-0.25, -0.2) is 4.39 Å². The van der Waals surface area contributed by atoms with Crippen LogP contribution in [0, 0.1) is 5.82 Å². The average molecular weight is 227 g/mol. The van der Waals surface area contributed by atoms with Crippen molar-refractivity contribution < 1.29 is 18.7 Å². The molecule has 0 saturated heterocycles. The van der Waals surface area contributed by atoms with Gasteiger partial charge in [-0.3, -0.25) is 4.79 Å². The molecule has 4 nitrogen and oxygen atoms in total. The number of ketones is 1. The second-order valence-electron chi connectivity index (χ2n) is 3.31. The van der Waals surface area contributed by atoms with Crippen LogP contribution in [-0.4, -0.2) is 26.0 Å². The van der Waals surface area contributed by atoms with Crippen LogP contribution in [-0.2, 0) is 0 Å². The standard InChI is InChI=1S/C11H14FNO3/c1-6(13)9(14)7-4-5-8(12)11(16-3)10(7)15-2/h4-6H,13H2,1-3H3. The maximum atomic E-state index is 13.3. The van der Waals surface area contributed by atoms with E-state index in [1.165, 1.54) is 20.3 Å². The molecule has 0 bridgehead atoms. The monoisotopic (exact) mass is 227 g/mol. The molecule has 0 spiro atoms. The van der Waals surface area contributed by atoms with E-state index in [9.17, 15) is 9.18 Å². The Morgan fingerprint density at radius 2 is 1.88 bits per heavy atom. The Bertz CT molecular complexity index is 404. The predicted molar refractivity (Wildman–Crippen MR) is 57.5 cm³/mol. The molecule has 1 unspecified atom stereocenters. The molecule has 1 atom stereocenters. The van der Waals surface area contributed by atoms with Crippen LogP contribution >= 0.6 is 0 Å². The Balaban J connectivity index is 3.35. The topological polar surface area (TPSA) is 61.5 Å². The van der Waals surface area contributed by atoms with E-state index >= 15 is 0 Å². The van der Waals surface area contributed by atoms with Gasteiger partial charge in [0.25, 0.3) is 0 Å². The van der Waals surface area contributed by atoms with Crippen molar-refractivity contribution in [2.45, 2.75) is 13.0 Å². The van der Waals surface area contributed by atoms with E-state index in [2.05, 4.69) is 0 Å². The van der Waals surface area contributed by atoms with Crippen molar-refractivity contribution in [2.24, 2.45) is 5.73 Å². The molecule has 16 heavy (non-hydrogen) atoms. The second kappa shape index (κ2) is 4.94. The Kier molecular flexibility index (Phi) is 3.84. The normalized spacial score (nSPS) is 12.1. The number of carbonyl (C=O) groups excluding carboxylic acids is 1. The number of Topliss-reactive ketones (excluding diaryl/α,β-unsaturated/α-hetero) is 1. The summed E-state index contributed by atoms with van der Waals surface area (Å²) >= 11 is 0. The van der Waals surface area contributed by atoms with Crippen molar-refractivity contribution >= 4 is 5.78 Å². The highest BCUT2D eigenvalue weighted by Gasteiger charge is 2.21. The molecule has 0 amide bonds. The van der Waals surface area contributed by atoms with Gasteiger partial charge in [-0.15, -0.1) is 0 Å². The second-order valence-corrected chi connectivity index (χ2v) is 3.31. The van der Waals surface area contributed by atoms with E-state index < -0.39 is 11.9 Å². The fraction of sp³-hybridized carbons (Fsp3) is 0.364. The van der Waals surface area contributed by atoms with Crippen molar-refractivity contribution in [1.82, 2.24) is 0 Å². The highest BCUT2D eigenvalue weighted by Crippen LogP contribution is 2.34. The van der Waals surface area contributed by atoms with Gasteiger partial charge in [0.1, 0.15) is 0 Å². The molecule has 0 saturated carbocycles. The lowest BCUT2D eigenvalue weighted by Gasteiger charge is -2.13. The number of rotatable bonds is 4. The first-order chi connectivity index (χ1) is 7.52. The lowest BCUT2D eigenvalue weighted by molar-refractivity contribution is 0.0964. The van der Waals surface area contributed by atoms with Gasteiger partial charge in [-0.05, 0) is 19.1 Å². The summed E-state index contributed by atoms with van der Waals surface area (Å²) in [5, 5.41) is 0. The minimum absolute atomic E-state index is 0.0739. The van der Waals surface area contributed by atoms with Crippen molar-refractivity contribution in [1.29, 1.82) is 0 Å². The zero-order valence-corrected chi connectivity index (χ0v) is 9.41. The van der Waals surface area contributed by atoms with Gasteiger partial charge in [0.2, 0.25) is 0 Å². The van der Waals surface area contributed by atoms with E-state index in [1.807, 2.05) is 0 Å². The molecular weight excluding hydrogens is 213 g/mol. The Labute approximate surface area is 93.2 Å². The third kappa shape index (κ3) is 2.14. The summed E-state index contributed by atoms with van der Waals surface area (Å²) in [6.07, 6.45) is 0. The Morgan fingerprint density at radius 3 is 2.31 bits per heavy atom. The molecule has 0 aromatic heterocycles. The molecule has 0 aliphatic carbocycles. The molecule has 2 N–H and O–H groups in total. The molecule has 0 aliphatic heterocycles. The summed E-state index contributed by atoms with van der Waals surface area (Å²) in [7, 11) is 2.65. The van der Waals surface area contributed by atoms with Crippen LogP contribution in [0.3, 0.4) is 0 Å². The summed E-state index contributed by atoms with van der Waals surface area (Å²) in [5.41, 5.74) is 5.70. The summed E-state index contributed by atoms with van der Waals surface area (Å²) in [5.74, 6) is -0.922. The smallest absolute Gasteiger partial charge is 0.197 e. The van der Waals surface area contributed by atoms with Crippen molar-refractivity contribution in [2.75, 3.05) is 14.2 Å². The highest BCUT2D eigenvalue weighted by molar-refractivity contribution is 6.02. The lowest BCUT2D eigenvalue weighted by atomic mass is 10.0. The fourth-order valence-corrected chi connectivity index (χ4v) is 1.37. The van der Waals surface area contributed by atoms with Crippen molar-refractivity contribution in [3.8, 4) is 11.5 Å². The molecular formula is C11H14FNO3. The zero-order valence-electron chi connectivity index (χ0n) is 9.41. The van der Waals surface area contributed by atoms with Crippen LogP contribution in [0.15, 0.2) is 12.1 Å². The maximum Gasteiger partial charge on any atom is 0.197 e. The molecule has 0 radical (unpaired) electrons. The fourth-order valence-electron chi connectivity index (χ4n) is 1.37. The van der Waals surface area contributed by atoms with E-state index in [0.29, 0.717) is 0 Å². The minimum atomic E-state index is -0.677. The van der Waals surface area contributed by atoms with Gasteiger partial charge in [-0.1, -0.05) is 0 Å². The van der Waals surface area contributed by atoms with E-state index in [0.717, 1.165) is 6.07 Å². The van der Waals surface area contributed by atoms with Crippen LogP contribution in [0.25, 0.3) is 0 Å². The summed E-state index contributed by atoms with van der Waals surface area (Å²) < 4.78 is 23.2. The van der Waals surface area contributed by atoms with Crippen LogP contribution in [0.1, 0.15) is 17.3 Å². The van der Waals surface area contributed by atoms with Crippen LogP contribution < -0.4 is 15.2 Å².